The largest absolute Gasteiger partial charge is 0.368 e. The third-order valence-corrected chi connectivity index (χ3v) is 4.51. The van der Waals surface area contributed by atoms with Crippen LogP contribution in [0, 0.1) is 0 Å². The van der Waals surface area contributed by atoms with E-state index in [4.69, 9.17) is 5.73 Å². The predicted molar refractivity (Wildman–Crippen MR) is 83.1 cm³/mol. The first kappa shape index (κ1) is 14.8. The molecule has 1 aromatic rings. The number of hydrogen-bond acceptors (Lipinski definition) is 3. The number of benzene rings is 1. The summed E-state index contributed by atoms with van der Waals surface area (Å²) >= 11 is 0. The Morgan fingerprint density at radius 2 is 2.05 bits per heavy atom. The Hall–Kier alpha value is -2.08. The molecular weight excluding hydrogens is 280 g/mol. The normalized spacial score (nSPS) is 24.1. The van der Waals surface area contributed by atoms with Crippen molar-refractivity contribution in [2.75, 3.05) is 26.2 Å². The maximum absolute atomic E-state index is 12.0. The molecule has 0 unspecified atom stereocenters. The molecule has 2 fully saturated rings. The zero-order valence-corrected chi connectivity index (χ0v) is 12.6. The van der Waals surface area contributed by atoms with E-state index < -0.39 is 6.04 Å². The van der Waals surface area contributed by atoms with Crippen LogP contribution in [0.4, 0.5) is 4.79 Å². The van der Waals surface area contributed by atoms with Crippen molar-refractivity contribution in [1.29, 1.82) is 0 Å². The summed E-state index contributed by atoms with van der Waals surface area (Å²) < 4.78 is 0. The molecule has 3 N–H and O–H groups in total. The summed E-state index contributed by atoms with van der Waals surface area (Å²) in [5, 5.41) is 2.84. The summed E-state index contributed by atoms with van der Waals surface area (Å²) in [5.74, 6) is -0.335. The van der Waals surface area contributed by atoms with Crippen LogP contribution in [0.15, 0.2) is 30.3 Å². The minimum absolute atomic E-state index is 0.00202. The molecule has 0 spiro atoms. The number of amides is 3. The van der Waals surface area contributed by atoms with Gasteiger partial charge < -0.3 is 16.0 Å². The van der Waals surface area contributed by atoms with Gasteiger partial charge in [-0.05, 0) is 24.9 Å². The number of nitrogens with two attached hydrogens (primary N) is 1. The van der Waals surface area contributed by atoms with E-state index in [0.717, 1.165) is 31.5 Å². The Bertz CT molecular complexity index is 548. The van der Waals surface area contributed by atoms with Crippen LogP contribution in [0.25, 0.3) is 0 Å². The lowest BCUT2D eigenvalue weighted by Gasteiger charge is -2.40. The summed E-state index contributed by atoms with van der Waals surface area (Å²) in [6, 6.07) is 9.36. The van der Waals surface area contributed by atoms with Gasteiger partial charge in [0.1, 0.15) is 6.04 Å². The second-order valence-corrected chi connectivity index (χ2v) is 5.93. The Balaban J connectivity index is 1.77. The van der Waals surface area contributed by atoms with Crippen LogP contribution in [0.2, 0.25) is 0 Å². The van der Waals surface area contributed by atoms with Gasteiger partial charge in [-0.15, -0.1) is 0 Å². The van der Waals surface area contributed by atoms with Gasteiger partial charge in [0.25, 0.3) is 0 Å². The number of nitrogens with zero attached hydrogens (tertiary/aromatic N) is 2. The molecule has 2 heterocycles. The number of hydrogen-bond donors (Lipinski definition) is 2. The number of likely N-dealkylation sites (tertiary alicyclic amines) is 1. The van der Waals surface area contributed by atoms with Crippen molar-refractivity contribution >= 4 is 11.9 Å². The summed E-state index contributed by atoms with van der Waals surface area (Å²) in [6.45, 7) is 2.96. The average molecular weight is 302 g/mol. The van der Waals surface area contributed by atoms with Crippen LogP contribution in [0.3, 0.4) is 0 Å². The molecule has 0 bridgehead atoms. The molecule has 6 nitrogen and oxygen atoms in total. The summed E-state index contributed by atoms with van der Waals surface area (Å²) in [7, 11) is 0. The minimum atomic E-state index is -0.422. The lowest BCUT2D eigenvalue weighted by molar-refractivity contribution is -0.124. The first-order valence-electron chi connectivity index (χ1n) is 7.79. The Morgan fingerprint density at radius 1 is 1.27 bits per heavy atom. The van der Waals surface area contributed by atoms with Crippen molar-refractivity contribution in [3.63, 3.8) is 0 Å². The SMILES string of the molecule is NC(=O)[C@@H](c1ccccc1)N1CCC[C@H](N2CCNC2=O)C1. The van der Waals surface area contributed by atoms with Crippen molar-refractivity contribution in [2.45, 2.75) is 24.9 Å². The Kier molecular flexibility index (Phi) is 4.29. The molecule has 118 valence electrons. The van der Waals surface area contributed by atoms with E-state index in [1.54, 1.807) is 0 Å². The average Bonchev–Trinajstić information content (AvgIpc) is 2.95. The van der Waals surface area contributed by atoms with Crippen LogP contribution < -0.4 is 11.1 Å². The van der Waals surface area contributed by atoms with Crippen LogP contribution in [0.5, 0.6) is 0 Å². The van der Waals surface area contributed by atoms with Crippen molar-refractivity contribution < 1.29 is 9.59 Å². The van der Waals surface area contributed by atoms with Crippen molar-refractivity contribution in [2.24, 2.45) is 5.73 Å². The lowest BCUT2D eigenvalue weighted by atomic mass is 9.98. The fourth-order valence-electron chi connectivity index (χ4n) is 3.50. The van der Waals surface area contributed by atoms with Gasteiger partial charge in [0, 0.05) is 25.7 Å². The molecule has 0 saturated carbocycles. The topological polar surface area (TPSA) is 78.7 Å². The predicted octanol–water partition coefficient (Wildman–Crippen LogP) is 0.703. The summed E-state index contributed by atoms with van der Waals surface area (Å²) in [4.78, 5) is 27.8. The Morgan fingerprint density at radius 3 is 2.68 bits per heavy atom. The van der Waals surface area contributed by atoms with Gasteiger partial charge in [0.2, 0.25) is 5.91 Å². The van der Waals surface area contributed by atoms with E-state index in [0.29, 0.717) is 13.1 Å². The maximum Gasteiger partial charge on any atom is 0.317 e. The fourth-order valence-corrected chi connectivity index (χ4v) is 3.50. The van der Waals surface area contributed by atoms with Crippen molar-refractivity contribution in [3.8, 4) is 0 Å². The molecule has 2 saturated heterocycles. The smallest absolute Gasteiger partial charge is 0.317 e. The molecule has 22 heavy (non-hydrogen) atoms. The first-order valence-corrected chi connectivity index (χ1v) is 7.79. The zero-order chi connectivity index (χ0) is 15.5. The lowest BCUT2D eigenvalue weighted by Crippen LogP contribution is -2.51. The number of rotatable bonds is 4. The number of primary amides is 1. The van der Waals surface area contributed by atoms with E-state index in [9.17, 15) is 9.59 Å². The van der Waals surface area contributed by atoms with Crippen molar-refractivity contribution in [3.05, 3.63) is 35.9 Å². The maximum atomic E-state index is 12.0. The monoisotopic (exact) mass is 302 g/mol. The molecule has 0 aromatic heterocycles. The van der Waals surface area contributed by atoms with Crippen molar-refractivity contribution in [1.82, 2.24) is 15.1 Å². The number of nitrogens with one attached hydrogen (secondary N) is 1. The molecule has 1 aromatic carbocycles. The van der Waals surface area contributed by atoms with Gasteiger partial charge in [-0.2, -0.15) is 0 Å². The first-order chi connectivity index (χ1) is 10.7. The molecule has 3 amide bonds. The van der Waals surface area contributed by atoms with Crippen LogP contribution in [0.1, 0.15) is 24.4 Å². The van der Waals surface area contributed by atoms with Gasteiger partial charge in [-0.25, -0.2) is 4.79 Å². The molecule has 6 heteroatoms. The highest BCUT2D eigenvalue weighted by molar-refractivity contribution is 5.81. The highest BCUT2D eigenvalue weighted by atomic mass is 16.2. The number of urea groups is 1. The second kappa shape index (κ2) is 6.36. The molecule has 0 radical (unpaired) electrons. The van der Waals surface area contributed by atoms with Gasteiger partial charge in [-0.3, -0.25) is 9.69 Å². The fraction of sp³-hybridized carbons (Fsp3) is 0.500. The molecule has 2 aliphatic rings. The highest BCUT2D eigenvalue weighted by Crippen LogP contribution is 2.26. The van der Waals surface area contributed by atoms with Gasteiger partial charge >= 0.3 is 6.03 Å². The number of carbonyl (C=O) groups excluding carboxylic acids is 2. The quantitative estimate of drug-likeness (QED) is 0.859. The van der Waals surface area contributed by atoms with Gasteiger partial charge in [-0.1, -0.05) is 30.3 Å². The second-order valence-electron chi connectivity index (χ2n) is 5.93. The van der Waals surface area contributed by atoms with E-state index in [1.807, 2.05) is 35.2 Å². The molecular formula is C16H22N4O2. The van der Waals surface area contributed by atoms with Crippen LogP contribution in [-0.4, -0.2) is 54.0 Å². The summed E-state index contributed by atoms with van der Waals surface area (Å²) in [5.41, 5.74) is 6.57. The van der Waals surface area contributed by atoms with E-state index in [-0.39, 0.29) is 18.0 Å². The number of piperidine rings is 1. The third kappa shape index (κ3) is 2.92. The summed E-state index contributed by atoms with van der Waals surface area (Å²) in [6.07, 6.45) is 1.94. The minimum Gasteiger partial charge on any atom is -0.368 e. The standard InChI is InChI=1S/C16H22N4O2/c17-15(21)14(12-5-2-1-3-6-12)19-9-4-7-13(11-19)20-10-8-18-16(20)22/h1-3,5-6,13-14H,4,7-11H2,(H2,17,21)(H,18,22)/t13-,14+/m0/s1. The zero-order valence-electron chi connectivity index (χ0n) is 12.6. The molecule has 0 aliphatic carbocycles. The Labute approximate surface area is 130 Å². The van der Waals surface area contributed by atoms with Crippen LogP contribution in [-0.2, 0) is 4.79 Å². The van der Waals surface area contributed by atoms with E-state index in [2.05, 4.69) is 10.2 Å². The van der Waals surface area contributed by atoms with Crippen LogP contribution >= 0.6 is 0 Å². The van der Waals surface area contributed by atoms with Gasteiger partial charge in [0.05, 0.1) is 0 Å². The van der Waals surface area contributed by atoms with Gasteiger partial charge in [0.15, 0.2) is 0 Å². The third-order valence-electron chi connectivity index (χ3n) is 4.51. The highest BCUT2D eigenvalue weighted by Gasteiger charge is 2.35. The molecule has 2 atom stereocenters. The molecule has 3 rings (SSSR count). The number of carbonyl (C=O) groups is 2. The van der Waals surface area contributed by atoms with E-state index in [1.165, 1.54) is 0 Å². The van der Waals surface area contributed by atoms with E-state index >= 15 is 0 Å². The molecule has 2 aliphatic heterocycles.